The predicted molar refractivity (Wildman–Crippen MR) is 115 cm³/mol. The minimum absolute atomic E-state index is 0.0258. The van der Waals surface area contributed by atoms with Crippen molar-refractivity contribution >= 4 is 45.0 Å². The van der Waals surface area contributed by atoms with Gasteiger partial charge in [-0.2, -0.15) is 0 Å². The highest BCUT2D eigenvalue weighted by Gasteiger charge is 2.26. The molecule has 3 rings (SSSR count). The molecule has 0 unspecified atom stereocenters. The highest BCUT2D eigenvalue weighted by Crippen LogP contribution is 2.34. The number of amides is 2. The second-order valence-corrected chi connectivity index (χ2v) is 9.93. The van der Waals surface area contributed by atoms with Crippen molar-refractivity contribution < 1.29 is 9.59 Å². The lowest BCUT2D eigenvalue weighted by molar-refractivity contribution is -0.133. The van der Waals surface area contributed by atoms with Gasteiger partial charge in [-0.1, -0.05) is 32.4 Å². The van der Waals surface area contributed by atoms with Crippen molar-refractivity contribution in [2.45, 2.75) is 52.4 Å². The number of hydrogen-bond acceptors (Lipinski definition) is 4. The van der Waals surface area contributed by atoms with Crippen LogP contribution in [0.5, 0.6) is 0 Å². The Kier molecular flexibility index (Phi) is 6.61. The molecule has 2 aromatic rings. The van der Waals surface area contributed by atoms with Gasteiger partial charge in [-0.05, 0) is 37.5 Å². The van der Waals surface area contributed by atoms with Crippen LogP contribution in [0.2, 0.25) is 5.02 Å². The van der Waals surface area contributed by atoms with E-state index in [4.69, 9.17) is 16.6 Å². The summed E-state index contributed by atoms with van der Waals surface area (Å²) in [5.41, 5.74) is 0.570. The van der Waals surface area contributed by atoms with E-state index in [0.29, 0.717) is 30.3 Å². The maximum Gasteiger partial charge on any atom is 0.225 e. The van der Waals surface area contributed by atoms with Gasteiger partial charge < -0.3 is 10.2 Å². The van der Waals surface area contributed by atoms with E-state index in [-0.39, 0.29) is 11.8 Å². The Bertz CT molecular complexity index is 851. The van der Waals surface area contributed by atoms with Gasteiger partial charge in [0.2, 0.25) is 11.8 Å². The van der Waals surface area contributed by atoms with Crippen molar-refractivity contribution in [1.29, 1.82) is 0 Å². The molecule has 152 valence electrons. The molecular weight excluding hydrogens is 394 g/mol. The van der Waals surface area contributed by atoms with Gasteiger partial charge in [-0.3, -0.25) is 9.59 Å². The van der Waals surface area contributed by atoms with Gasteiger partial charge >= 0.3 is 0 Å². The minimum Gasteiger partial charge on any atom is -0.356 e. The second-order valence-electron chi connectivity index (χ2n) is 8.43. The molecule has 1 aromatic carbocycles. The zero-order valence-electron chi connectivity index (χ0n) is 16.8. The normalized spacial score (nSPS) is 15.8. The Morgan fingerprint density at radius 2 is 2.00 bits per heavy atom. The third-order valence-corrected chi connectivity index (χ3v) is 6.53. The molecule has 0 saturated carbocycles. The Labute approximate surface area is 175 Å². The van der Waals surface area contributed by atoms with Crippen molar-refractivity contribution in [3.63, 3.8) is 0 Å². The zero-order valence-corrected chi connectivity index (χ0v) is 18.3. The van der Waals surface area contributed by atoms with Gasteiger partial charge in [0, 0.05) is 42.4 Å². The first-order valence-electron chi connectivity index (χ1n) is 9.86. The summed E-state index contributed by atoms with van der Waals surface area (Å²) in [5, 5.41) is 4.76. The minimum atomic E-state index is -0.391. The van der Waals surface area contributed by atoms with Crippen LogP contribution in [-0.2, 0) is 9.59 Å². The van der Waals surface area contributed by atoms with Crippen LogP contribution in [0.15, 0.2) is 18.2 Å². The summed E-state index contributed by atoms with van der Waals surface area (Å²) >= 11 is 7.79. The highest BCUT2D eigenvalue weighted by molar-refractivity contribution is 7.18. The molecule has 1 aromatic heterocycles. The molecule has 2 amide bonds. The number of nitrogens with zero attached hydrogens (tertiary/aromatic N) is 2. The maximum absolute atomic E-state index is 12.4. The van der Waals surface area contributed by atoms with Crippen molar-refractivity contribution in [3.8, 4) is 0 Å². The summed E-state index contributed by atoms with van der Waals surface area (Å²) in [6.45, 7) is 7.75. The van der Waals surface area contributed by atoms with Crippen LogP contribution >= 0.6 is 22.9 Å². The molecule has 0 aliphatic carbocycles. The molecule has 1 N–H and O–H groups in total. The van der Waals surface area contributed by atoms with Crippen LogP contribution in [0.3, 0.4) is 0 Å². The van der Waals surface area contributed by atoms with Crippen LogP contribution in [-0.4, -0.2) is 41.3 Å². The van der Waals surface area contributed by atoms with E-state index in [2.05, 4.69) is 5.32 Å². The molecule has 1 aliphatic heterocycles. The average Bonchev–Trinajstić information content (AvgIpc) is 3.07. The number of carbonyl (C=O) groups is 2. The fourth-order valence-electron chi connectivity index (χ4n) is 3.33. The number of halogens is 1. The molecule has 1 fully saturated rings. The molecule has 28 heavy (non-hydrogen) atoms. The van der Waals surface area contributed by atoms with E-state index >= 15 is 0 Å². The van der Waals surface area contributed by atoms with Crippen molar-refractivity contribution in [2.24, 2.45) is 5.41 Å². The Morgan fingerprint density at radius 1 is 1.29 bits per heavy atom. The number of piperidine rings is 1. The number of nitrogens with one attached hydrogen (secondary N) is 1. The smallest absolute Gasteiger partial charge is 0.225 e. The molecule has 0 bridgehead atoms. The van der Waals surface area contributed by atoms with E-state index in [1.54, 1.807) is 11.3 Å². The SMILES string of the molecule is CC(C)(C)C(=O)NCCCC(=O)N1CCC(c2nc3cc(Cl)ccc3s2)CC1. The molecular formula is C21H28ClN3O2S. The third-order valence-electron chi connectivity index (χ3n) is 5.10. The lowest BCUT2D eigenvalue weighted by atomic mass is 9.95. The summed E-state index contributed by atoms with van der Waals surface area (Å²) < 4.78 is 1.16. The van der Waals surface area contributed by atoms with E-state index < -0.39 is 5.41 Å². The Morgan fingerprint density at radius 3 is 2.68 bits per heavy atom. The summed E-state index contributed by atoms with van der Waals surface area (Å²) in [5.74, 6) is 0.615. The van der Waals surface area contributed by atoms with Crippen LogP contribution in [0.1, 0.15) is 57.4 Å². The van der Waals surface area contributed by atoms with E-state index in [9.17, 15) is 9.59 Å². The highest BCUT2D eigenvalue weighted by atomic mass is 35.5. The molecule has 1 saturated heterocycles. The van der Waals surface area contributed by atoms with Crippen molar-refractivity contribution in [2.75, 3.05) is 19.6 Å². The van der Waals surface area contributed by atoms with Gasteiger partial charge in [-0.25, -0.2) is 4.98 Å². The van der Waals surface area contributed by atoms with Gasteiger partial charge in [0.05, 0.1) is 15.2 Å². The van der Waals surface area contributed by atoms with Crippen LogP contribution in [0.25, 0.3) is 10.2 Å². The summed E-state index contributed by atoms with van der Waals surface area (Å²) in [6.07, 6.45) is 3.05. The molecule has 5 nitrogen and oxygen atoms in total. The average molecular weight is 422 g/mol. The molecule has 0 spiro atoms. The van der Waals surface area contributed by atoms with Gasteiger partial charge in [0.25, 0.3) is 0 Å². The number of aromatic nitrogens is 1. The van der Waals surface area contributed by atoms with E-state index in [0.717, 1.165) is 41.2 Å². The van der Waals surface area contributed by atoms with Crippen LogP contribution in [0, 0.1) is 5.41 Å². The van der Waals surface area contributed by atoms with Gasteiger partial charge in [-0.15, -0.1) is 11.3 Å². The monoisotopic (exact) mass is 421 g/mol. The summed E-state index contributed by atoms with van der Waals surface area (Å²) in [4.78, 5) is 31.0. The molecule has 2 heterocycles. The third kappa shape index (κ3) is 5.23. The van der Waals surface area contributed by atoms with Crippen LogP contribution < -0.4 is 5.32 Å². The van der Waals surface area contributed by atoms with Crippen molar-refractivity contribution in [3.05, 3.63) is 28.2 Å². The Hall–Kier alpha value is -1.66. The van der Waals surface area contributed by atoms with Gasteiger partial charge in [0.15, 0.2) is 0 Å². The summed E-state index contributed by atoms with van der Waals surface area (Å²) in [7, 11) is 0. The number of fused-ring (bicyclic) bond motifs is 1. The number of thiazole rings is 1. The number of rotatable bonds is 5. The molecule has 7 heteroatoms. The van der Waals surface area contributed by atoms with E-state index in [1.807, 2.05) is 43.9 Å². The van der Waals surface area contributed by atoms with E-state index in [1.165, 1.54) is 0 Å². The second kappa shape index (κ2) is 8.78. The number of carbonyl (C=O) groups excluding carboxylic acids is 2. The number of likely N-dealkylation sites (tertiary alicyclic amines) is 1. The quantitative estimate of drug-likeness (QED) is 0.717. The first-order chi connectivity index (χ1) is 13.2. The standard InChI is InChI=1S/C21H28ClN3O2S/c1-21(2,3)20(27)23-10-4-5-18(26)25-11-8-14(9-12-25)19-24-16-13-15(22)6-7-17(16)28-19/h6-7,13-14H,4-5,8-12H2,1-3H3,(H,23,27). The predicted octanol–water partition coefficient (Wildman–Crippen LogP) is 4.60. The topological polar surface area (TPSA) is 62.3 Å². The van der Waals surface area contributed by atoms with Gasteiger partial charge in [0.1, 0.15) is 0 Å². The lowest BCUT2D eigenvalue weighted by Gasteiger charge is -2.31. The fraction of sp³-hybridized carbons (Fsp3) is 0.571. The molecule has 1 aliphatic rings. The Balaban J connectivity index is 1.44. The van der Waals surface area contributed by atoms with Crippen molar-refractivity contribution in [1.82, 2.24) is 15.2 Å². The first-order valence-corrected chi connectivity index (χ1v) is 11.1. The largest absolute Gasteiger partial charge is 0.356 e. The number of benzene rings is 1. The number of hydrogen-bond donors (Lipinski definition) is 1. The molecule has 0 atom stereocenters. The lowest BCUT2D eigenvalue weighted by Crippen LogP contribution is -2.39. The summed E-state index contributed by atoms with van der Waals surface area (Å²) in [6, 6.07) is 5.83. The molecule has 0 radical (unpaired) electrons. The zero-order chi connectivity index (χ0) is 20.3. The fourth-order valence-corrected chi connectivity index (χ4v) is 4.62. The van der Waals surface area contributed by atoms with Crippen LogP contribution in [0.4, 0.5) is 0 Å². The first kappa shape index (κ1) is 21.1. The maximum atomic E-state index is 12.4.